The number of fused-ring (bicyclic) bond motifs is 3. The van der Waals surface area contributed by atoms with Crippen LogP contribution in [0.1, 0.15) is 42.9 Å². The average Bonchev–Trinajstić information content (AvgIpc) is 3.10. The first kappa shape index (κ1) is 26.3. The molecule has 0 radical (unpaired) electrons. The van der Waals surface area contributed by atoms with Crippen molar-refractivity contribution in [3.8, 4) is 28.4 Å². The molecular formula is C26H35N3O6. The lowest BCUT2D eigenvalue weighted by molar-refractivity contribution is -0.138. The summed E-state index contributed by atoms with van der Waals surface area (Å²) in [5.74, 6) is 0.681. The summed E-state index contributed by atoms with van der Waals surface area (Å²) in [6, 6.07) is 6.52. The van der Waals surface area contributed by atoms with E-state index in [0.717, 1.165) is 35.1 Å². The van der Waals surface area contributed by atoms with Gasteiger partial charge < -0.3 is 35.7 Å². The van der Waals surface area contributed by atoms with Gasteiger partial charge in [-0.2, -0.15) is 0 Å². The molecule has 1 aliphatic carbocycles. The minimum Gasteiger partial charge on any atom is -0.493 e. The van der Waals surface area contributed by atoms with Crippen LogP contribution in [0.5, 0.6) is 17.2 Å². The number of ether oxygens (including phenoxy) is 3. The summed E-state index contributed by atoms with van der Waals surface area (Å²) < 4.78 is 17.0. The van der Waals surface area contributed by atoms with Crippen LogP contribution in [0.3, 0.4) is 0 Å². The van der Waals surface area contributed by atoms with Crippen LogP contribution in [-0.2, 0) is 11.2 Å². The number of carboxylic acid groups (broad SMARTS) is 1. The molecule has 3 rings (SSSR count). The van der Waals surface area contributed by atoms with E-state index in [4.69, 9.17) is 25.1 Å². The Balaban J connectivity index is 2.01. The molecule has 9 heteroatoms. The zero-order valence-corrected chi connectivity index (χ0v) is 20.8. The number of hydrogen-bond donors (Lipinski definition) is 4. The van der Waals surface area contributed by atoms with Gasteiger partial charge in [-0.1, -0.05) is 6.07 Å². The fraction of sp³-hybridized carbons (Fsp3) is 0.462. The molecule has 0 aromatic heterocycles. The van der Waals surface area contributed by atoms with Gasteiger partial charge in [0.05, 0.1) is 27.0 Å². The smallest absolute Gasteiger partial charge is 0.320 e. The number of methoxy groups -OCH3 is 3. The Labute approximate surface area is 205 Å². The number of carbonyl (C=O) groups is 1. The summed E-state index contributed by atoms with van der Waals surface area (Å²) in [5, 5.41) is 15.5. The molecule has 0 unspecified atom stereocenters. The highest BCUT2D eigenvalue weighted by Gasteiger charge is 2.28. The number of aryl methyl sites for hydroxylation is 1. The predicted octanol–water partition coefficient (Wildman–Crippen LogP) is 2.94. The van der Waals surface area contributed by atoms with E-state index in [1.165, 1.54) is 0 Å². The molecule has 2 atom stereocenters. The maximum Gasteiger partial charge on any atom is 0.320 e. The fourth-order valence-corrected chi connectivity index (χ4v) is 4.59. The minimum absolute atomic E-state index is 0.0236. The van der Waals surface area contributed by atoms with Gasteiger partial charge in [-0.15, -0.1) is 0 Å². The molecule has 0 aliphatic heterocycles. The highest BCUT2D eigenvalue weighted by atomic mass is 16.5. The molecule has 0 fully saturated rings. The van der Waals surface area contributed by atoms with Gasteiger partial charge in [0.25, 0.3) is 0 Å². The van der Waals surface area contributed by atoms with Gasteiger partial charge in [-0.05, 0) is 74.0 Å². The minimum atomic E-state index is -1.000. The Kier molecular flexibility index (Phi) is 8.95. The van der Waals surface area contributed by atoms with E-state index in [-0.39, 0.29) is 11.5 Å². The van der Waals surface area contributed by atoms with E-state index in [1.54, 1.807) is 33.5 Å². The largest absolute Gasteiger partial charge is 0.493 e. The molecule has 5 N–H and O–H groups in total. The summed E-state index contributed by atoms with van der Waals surface area (Å²) in [6.07, 6.45) is 3.31. The topological polar surface area (TPSA) is 132 Å². The fourth-order valence-electron chi connectivity index (χ4n) is 4.59. The van der Waals surface area contributed by atoms with Crippen molar-refractivity contribution in [3.05, 3.63) is 45.6 Å². The predicted molar refractivity (Wildman–Crippen MR) is 136 cm³/mol. The maximum absolute atomic E-state index is 13.2. The Morgan fingerprint density at radius 3 is 2.51 bits per heavy atom. The second kappa shape index (κ2) is 11.9. The number of benzene rings is 1. The van der Waals surface area contributed by atoms with Crippen molar-refractivity contribution >= 4 is 11.7 Å². The molecule has 2 aromatic carbocycles. The summed E-state index contributed by atoms with van der Waals surface area (Å²) >= 11 is 0. The monoisotopic (exact) mass is 485 g/mol. The molecule has 9 nitrogen and oxygen atoms in total. The standard InChI is InChI=1S/C26H35N3O6/c1-28-19-10-8-15-13-22(33-2)24(34-3)25(35-4)23(15)16-9-11-20(21(30)14-17(16)19)29-12-6-5-7-18(27)26(31)32/h9,11,13-14,18-19,28H,5-8,10,12,27H2,1-4H3,(H,29,30)(H,31,32)/t18-,19+/m1/s1. The Morgan fingerprint density at radius 1 is 1.14 bits per heavy atom. The molecule has 35 heavy (non-hydrogen) atoms. The number of nitrogens with two attached hydrogens (primary N) is 1. The SMILES string of the molecule is CN[C@H]1CCc2cc(OC)c(OC)c(OC)c2-c2ccc(NCCCC[C@@H](N)C(=O)O)c(=O)cc21. The number of anilines is 1. The third kappa shape index (κ3) is 5.68. The zero-order chi connectivity index (χ0) is 25.5. The third-order valence-electron chi connectivity index (χ3n) is 6.46. The van der Waals surface area contributed by atoms with E-state index in [0.29, 0.717) is 48.7 Å². The number of hydrogen-bond acceptors (Lipinski definition) is 8. The summed E-state index contributed by atoms with van der Waals surface area (Å²) in [7, 11) is 6.67. The van der Waals surface area contributed by atoms with Crippen LogP contribution in [0.15, 0.2) is 29.1 Å². The van der Waals surface area contributed by atoms with Crippen LogP contribution >= 0.6 is 0 Å². The van der Waals surface area contributed by atoms with Crippen molar-refractivity contribution in [1.82, 2.24) is 5.32 Å². The van der Waals surface area contributed by atoms with Gasteiger partial charge >= 0.3 is 5.97 Å². The number of aliphatic carboxylic acids is 1. The van der Waals surface area contributed by atoms with Gasteiger partial charge in [0, 0.05) is 18.2 Å². The first-order chi connectivity index (χ1) is 16.9. The van der Waals surface area contributed by atoms with E-state index < -0.39 is 12.0 Å². The molecule has 0 amide bonds. The van der Waals surface area contributed by atoms with Crippen LogP contribution in [0.4, 0.5) is 5.69 Å². The van der Waals surface area contributed by atoms with Crippen LogP contribution in [0.2, 0.25) is 0 Å². The Bertz CT molecular complexity index is 1120. The lowest BCUT2D eigenvalue weighted by Gasteiger charge is -2.19. The maximum atomic E-state index is 13.2. The molecular weight excluding hydrogens is 450 g/mol. The quantitative estimate of drug-likeness (QED) is 0.355. The molecule has 190 valence electrons. The summed E-state index contributed by atoms with van der Waals surface area (Å²) in [5.41, 5.74) is 9.66. The van der Waals surface area contributed by atoms with Crippen molar-refractivity contribution in [2.45, 2.75) is 44.2 Å². The van der Waals surface area contributed by atoms with Crippen molar-refractivity contribution in [3.63, 3.8) is 0 Å². The van der Waals surface area contributed by atoms with Gasteiger partial charge in [0.1, 0.15) is 6.04 Å². The van der Waals surface area contributed by atoms with Crippen LogP contribution < -0.4 is 36.0 Å². The van der Waals surface area contributed by atoms with Gasteiger partial charge in [0.15, 0.2) is 11.5 Å². The highest BCUT2D eigenvalue weighted by molar-refractivity contribution is 5.83. The van der Waals surface area contributed by atoms with Crippen LogP contribution in [0.25, 0.3) is 11.1 Å². The van der Waals surface area contributed by atoms with Crippen LogP contribution in [-0.4, -0.2) is 52.0 Å². The first-order valence-corrected chi connectivity index (χ1v) is 11.8. The molecule has 0 saturated heterocycles. The van der Waals surface area contributed by atoms with E-state index in [1.807, 2.05) is 19.2 Å². The molecule has 0 saturated carbocycles. The molecule has 0 spiro atoms. The normalized spacial score (nSPS) is 15.3. The second-order valence-electron chi connectivity index (χ2n) is 8.55. The number of carboxylic acids is 1. The molecule has 0 bridgehead atoms. The Morgan fingerprint density at radius 2 is 1.89 bits per heavy atom. The number of nitrogens with one attached hydrogen (secondary N) is 2. The lowest BCUT2D eigenvalue weighted by atomic mass is 9.95. The van der Waals surface area contributed by atoms with Gasteiger partial charge in [0.2, 0.25) is 11.2 Å². The second-order valence-corrected chi connectivity index (χ2v) is 8.55. The van der Waals surface area contributed by atoms with E-state index in [2.05, 4.69) is 10.6 Å². The van der Waals surface area contributed by atoms with Gasteiger partial charge in [-0.3, -0.25) is 9.59 Å². The lowest BCUT2D eigenvalue weighted by Crippen LogP contribution is -2.29. The van der Waals surface area contributed by atoms with Crippen LogP contribution in [0, 0.1) is 0 Å². The molecule has 1 aliphatic rings. The highest BCUT2D eigenvalue weighted by Crippen LogP contribution is 2.50. The average molecular weight is 486 g/mol. The summed E-state index contributed by atoms with van der Waals surface area (Å²) in [6.45, 7) is 0.538. The molecule has 0 heterocycles. The van der Waals surface area contributed by atoms with Crippen molar-refractivity contribution in [2.24, 2.45) is 5.73 Å². The Hall–Kier alpha value is -3.30. The van der Waals surface area contributed by atoms with E-state index in [9.17, 15) is 9.59 Å². The number of rotatable bonds is 11. The molecule has 2 aromatic rings. The summed E-state index contributed by atoms with van der Waals surface area (Å²) in [4.78, 5) is 24.0. The van der Waals surface area contributed by atoms with Gasteiger partial charge in [-0.25, -0.2) is 0 Å². The van der Waals surface area contributed by atoms with Crippen molar-refractivity contribution in [1.29, 1.82) is 0 Å². The third-order valence-corrected chi connectivity index (χ3v) is 6.46. The first-order valence-electron chi connectivity index (χ1n) is 11.8. The van der Waals surface area contributed by atoms with E-state index >= 15 is 0 Å². The van der Waals surface area contributed by atoms with Crippen molar-refractivity contribution < 1.29 is 24.1 Å². The van der Waals surface area contributed by atoms with Crippen molar-refractivity contribution in [2.75, 3.05) is 40.2 Å². The number of unbranched alkanes of at least 4 members (excludes halogenated alkanes) is 1. The zero-order valence-electron chi connectivity index (χ0n) is 20.8.